The van der Waals surface area contributed by atoms with Gasteiger partial charge in [-0.25, -0.2) is 4.79 Å². The molecule has 1 fully saturated rings. The Bertz CT molecular complexity index is 799. The second-order valence-corrected chi connectivity index (χ2v) is 7.29. The zero-order chi connectivity index (χ0) is 18.2. The highest BCUT2D eigenvalue weighted by molar-refractivity contribution is 6.30. The van der Waals surface area contributed by atoms with Crippen LogP contribution in [0, 0.1) is 0 Å². The van der Waals surface area contributed by atoms with Crippen molar-refractivity contribution in [3.63, 3.8) is 0 Å². The van der Waals surface area contributed by atoms with Crippen LogP contribution in [0.25, 0.3) is 0 Å². The van der Waals surface area contributed by atoms with E-state index in [1.807, 2.05) is 36.4 Å². The molecule has 25 heavy (non-hydrogen) atoms. The van der Waals surface area contributed by atoms with Crippen molar-refractivity contribution in [3.8, 4) is 0 Å². The number of amides is 3. The largest absolute Gasteiger partial charge is 0.325 e. The lowest BCUT2D eigenvalue weighted by atomic mass is 9.90. The molecule has 0 aliphatic carbocycles. The zero-order valence-electron chi connectivity index (χ0n) is 14.5. The molecule has 4 nitrogen and oxygen atoms in total. The van der Waals surface area contributed by atoms with Crippen LogP contribution in [0.5, 0.6) is 0 Å². The van der Waals surface area contributed by atoms with Gasteiger partial charge in [-0.05, 0) is 41.7 Å². The fourth-order valence-corrected chi connectivity index (χ4v) is 3.14. The molecule has 3 amide bonds. The SMILES string of the molecule is CC(C)c1ccc([C@@]2(C)NC(=O)N(Cc3ccc(Cl)cc3)C2=O)cc1. The number of hydrogen-bond acceptors (Lipinski definition) is 2. The molecule has 1 aliphatic rings. The second-order valence-electron chi connectivity index (χ2n) is 6.85. The summed E-state index contributed by atoms with van der Waals surface area (Å²) in [5.41, 5.74) is 1.79. The van der Waals surface area contributed by atoms with Gasteiger partial charge in [-0.15, -0.1) is 0 Å². The van der Waals surface area contributed by atoms with Crippen LogP contribution >= 0.6 is 11.6 Å². The van der Waals surface area contributed by atoms with Gasteiger partial charge >= 0.3 is 6.03 Å². The number of halogens is 1. The Hall–Kier alpha value is -2.33. The van der Waals surface area contributed by atoms with Crippen LogP contribution in [-0.2, 0) is 16.9 Å². The van der Waals surface area contributed by atoms with Gasteiger partial charge in [0, 0.05) is 5.02 Å². The molecule has 0 spiro atoms. The molecule has 130 valence electrons. The van der Waals surface area contributed by atoms with Gasteiger partial charge in [0.1, 0.15) is 5.54 Å². The summed E-state index contributed by atoms with van der Waals surface area (Å²) >= 11 is 5.89. The Morgan fingerprint density at radius 1 is 1.04 bits per heavy atom. The summed E-state index contributed by atoms with van der Waals surface area (Å²) in [4.78, 5) is 26.6. The fraction of sp³-hybridized carbons (Fsp3) is 0.300. The van der Waals surface area contributed by atoms with Gasteiger partial charge < -0.3 is 5.32 Å². The normalized spacial score (nSPS) is 20.3. The summed E-state index contributed by atoms with van der Waals surface area (Å²) in [7, 11) is 0. The number of carbonyl (C=O) groups is 2. The number of benzene rings is 2. The number of imide groups is 1. The Morgan fingerprint density at radius 2 is 1.64 bits per heavy atom. The van der Waals surface area contributed by atoms with Crippen molar-refractivity contribution in [1.82, 2.24) is 10.2 Å². The molecule has 1 saturated heterocycles. The van der Waals surface area contributed by atoms with Crippen LogP contribution in [-0.4, -0.2) is 16.8 Å². The quantitative estimate of drug-likeness (QED) is 0.824. The first-order chi connectivity index (χ1) is 11.8. The molecule has 0 radical (unpaired) electrons. The maximum atomic E-state index is 12.9. The molecule has 0 unspecified atom stereocenters. The van der Waals surface area contributed by atoms with E-state index in [-0.39, 0.29) is 18.5 Å². The predicted octanol–water partition coefficient (Wildman–Crippen LogP) is 4.43. The van der Waals surface area contributed by atoms with Gasteiger partial charge in [-0.3, -0.25) is 9.69 Å². The van der Waals surface area contributed by atoms with Gasteiger partial charge in [-0.1, -0.05) is 61.8 Å². The van der Waals surface area contributed by atoms with E-state index in [2.05, 4.69) is 19.2 Å². The third-order valence-corrected chi connectivity index (χ3v) is 4.94. The smallest absolute Gasteiger partial charge is 0.319 e. The fourth-order valence-electron chi connectivity index (χ4n) is 3.01. The Morgan fingerprint density at radius 3 is 2.20 bits per heavy atom. The van der Waals surface area contributed by atoms with Crippen molar-refractivity contribution >= 4 is 23.5 Å². The second kappa shape index (κ2) is 6.52. The van der Waals surface area contributed by atoms with Gasteiger partial charge in [0.05, 0.1) is 6.54 Å². The summed E-state index contributed by atoms with van der Waals surface area (Å²) in [6.07, 6.45) is 0. The minimum absolute atomic E-state index is 0.224. The van der Waals surface area contributed by atoms with E-state index in [1.54, 1.807) is 19.1 Å². The molecule has 1 aliphatic heterocycles. The molecule has 2 aromatic rings. The molecule has 5 heteroatoms. The highest BCUT2D eigenvalue weighted by Crippen LogP contribution is 2.31. The van der Waals surface area contributed by atoms with Crippen molar-refractivity contribution in [2.75, 3.05) is 0 Å². The third-order valence-electron chi connectivity index (χ3n) is 4.68. The molecule has 2 aromatic carbocycles. The van der Waals surface area contributed by atoms with E-state index in [9.17, 15) is 9.59 Å². The lowest BCUT2D eigenvalue weighted by molar-refractivity contribution is -0.131. The maximum absolute atomic E-state index is 12.9. The lowest BCUT2D eigenvalue weighted by Gasteiger charge is -2.23. The summed E-state index contributed by atoms with van der Waals surface area (Å²) in [5.74, 6) is 0.168. The lowest BCUT2D eigenvalue weighted by Crippen LogP contribution is -2.40. The summed E-state index contributed by atoms with van der Waals surface area (Å²) < 4.78 is 0. The van der Waals surface area contributed by atoms with E-state index < -0.39 is 5.54 Å². The highest BCUT2D eigenvalue weighted by atomic mass is 35.5. The molecule has 1 atom stereocenters. The monoisotopic (exact) mass is 356 g/mol. The van der Waals surface area contributed by atoms with Crippen molar-refractivity contribution < 1.29 is 9.59 Å². The van der Waals surface area contributed by atoms with Gasteiger partial charge in [-0.2, -0.15) is 0 Å². The minimum atomic E-state index is -1.04. The molecule has 1 N–H and O–H groups in total. The number of nitrogens with one attached hydrogen (secondary N) is 1. The van der Waals surface area contributed by atoms with Gasteiger partial charge in [0.25, 0.3) is 5.91 Å². The van der Waals surface area contributed by atoms with E-state index in [1.165, 1.54) is 10.5 Å². The number of hydrogen-bond donors (Lipinski definition) is 1. The Kier molecular flexibility index (Phi) is 4.56. The molecule has 0 aromatic heterocycles. The molecule has 0 bridgehead atoms. The topological polar surface area (TPSA) is 49.4 Å². The van der Waals surface area contributed by atoms with Crippen LogP contribution in [0.4, 0.5) is 4.79 Å². The van der Waals surface area contributed by atoms with Crippen LogP contribution in [0.2, 0.25) is 5.02 Å². The first kappa shape index (κ1) is 17.5. The first-order valence-corrected chi connectivity index (χ1v) is 8.68. The van der Waals surface area contributed by atoms with Crippen molar-refractivity contribution in [2.45, 2.75) is 38.8 Å². The highest BCUT2D eigenvalue weighted by Gasteiger charge is 2.48. The Labute approximate surface area is 152 Å². The average molecular weight is 357 g/mol. The summed E-state index contributed by atoms with van der Waals surface area (Å²) in [5, 5.41) is 3.46. The number of carbonyl (C=O) groups excluding carboxylic acids is 2. The minimum Gasteiger partial charge on any atom is -0.319 e. The molecular formula is C20H21ClN2O2. The first-order valence-electron chi connectivity index (χ1n) is 8.30. The Balaban J connectivity index is 1.85. The zero-order valence-corrected chi connectivity index (χ0v) is 15.3. The van der Waals surface area contributed by atoms with Crippen molar-refractivity contribution in [1.29, 1.82) is 0 Å². The maximum Gasteiger partial charge on any atom is 0.325 e. The van der Waals surface area contributed by atoms with Gasteiger partial charge in [0.2, 0.25) is 0 Å². The molecule has 1 heterocycles. The number of nitrogens with zero attached hydrogens (tertiary/aromatic N) is 1. The van der Waals surface area contributed by atoms with Gasteiger partial charge in [0.15, 0.2) is 0 Å². The number of rotatable bonds is 4. The van der Waals surface area contributed by atoms with E-state index >= 15 is 0 Å². The summed E-state index contributed by atoms with van der Waals surface area (Å²) in [6.45, 7) is 6.21. The number of urea groups is 1. The predicted molar refractivity (Wildman–Crippen MR) is 98.4 cm³/mol. The van der Waals surface area contributed by atoms with Crippen LogP contribution in [0.1, 0.15) is 43.4 Å². The third kappa shape index (κ3) is 3.27. The van der Waals surface area contributed by atoms with Crippen LogP contribution in [0.15, 0.2) is 48.5 Å². The van der Waals surface area contributed by atoms with Crippen LogP contribution < -0.4 is 5.32 Å². The standard InChI is InChI=1S/C20H21ClN2O2/c1-13(2)15-6-8-16(9-7-15)20(3)18(24)23(19(25)22-20)12-14-4-10-17(21)11-5-14/h4-11,13H,12H2,1-3H3,(H,22,25)/t20-/m1/s1. The van der Waals surface area contributed by atoms with E-state index in [0.29, 0.717) is 10.9 Å². The van der Waals surface area contributed by atoms with E-state index in [4.69, 9.17) is 11.6 Å². The average Bonchev–Trinajstić information content (AvgIpc) is 2.81. The van der Waals surface area contributed by atoms with Crippen LogP contribution in [0.3, 0.4) is 0 Å². The van der Waals surface area contributed by atoms with Crippen molar-refractivity contribution in [2.24, 2.45) is 0 Å². The molecule has 0 saturated carbocycles. The van der Waals surface area contributed by atoms with Crippen molar-refractivity contribution in [3.05, 3.63) is 70.2 Å². The van der Waals surface area contributed by atoms with E-state index in [0.717, 1.165) is 11.1 Å². The molecular weight excluding hydrogens is 336 g/mol. The summed E-state index contributed by atoms with van der Waals surface area (Å²) in [6, 6.07) is 14.6. The molecule has 3 rings (SSSR count).